The molecule has 2 N–H and O–H groups in total. The zero-order valence-electron chi connectivity index (χ0n) is 7.57. The summed E-state index contributed by atoms with van der Waals surface area (Å²) in [6, 6.07) is 0. The molecule has 11 heavy (non-hydrogen) atoms. The van der Waals surface area contributed by atoms with Gasteiger partial charge in [0, 0.05) is 7.05 Å². The lowest BCUT2D eigenvalue weighted by atomic mass is 10.1. The summed E-state index contributed by atoms with van der Waals surface area (Å²) >= 11 is 0. The fraction of sp³-hybridized carbons (Fsp3) is 0.714. The maximum atomic E-state index is 5.24. The minimum absolute atomic E-state index is 0.392. The van der Waals surface area contributed by atoms with Gasteiger partial charge >= 0.3 is 0 Å². The second kappa shape index (κ2) is 4.85. The van der Waals surface area contributed by atoms with Crippen LogP contribution in [-0.2, 0) is 0 Å². The summed E-state index contributed by atoms with van der Waals surface area (Å²) in [5.74, 6) is 5.63. The summed E-state index contributed by atoms with van der Waals surface area (Å²) in [7, 11) is 1.64. The highest BCUT2D eigenvalue weighted by molar-refractivity contribution is 4.99. The first kappa shape index (κ1) is 10.1. The summed E-state index contributed by atoms with van der Waals surface area (Å²) in [6.45, 7) is 6.06. The zero-order chi connectivity index (χ0) is 8.85. The number of hydrogen-bond donors (Lipinski definition) is 1. The van der Waals surface area contributed by atoms with Gasteiger partial charge < -0.3 is 0 Å². The van der Waals surface area contributed by atoms with Crippen LogP contribution >= 0.6 is 0 Å². The Hall–Kier alpha value is -0.900. The first-order chi connectivity index (χ1) is 5.07. The molecule has 0 spiro atoms. The van der Waals surface area contributed by atoms with Crippen LogP contribution in [0.4, 0.5) is 0 Å². The van der Waals surface area contributed by atoms with Crippen molar-refractivity contribution in [3.8, 4) is 0 Å². The molecule has 4 nitrogen and oxygen atoms in total. The van der Waals surface area contributed by atoms with Gasteiger partial charge in [-0.2, -0.15) is 0 Å². The van der Waals surface area contributed by atoms with E-state index in [2.05, 4.69) is 24.2 Å². The fourth-order valence-electron chi connectivity index (χ4n) is 0.629. The number of rotatable bonds is 3. The molecule has 4 heteroatoms. The number of allylic oxidation sites excluding steroid dienone is 2. The first-order valence-electron chi connectivity index (χ1n) is 3.64. The molecule has 0 aliphatic heterocycles. The van der Waals surface area contributed by atoms with E-state index in [4.69, 9.17) is 5.84 Å². The molecule has 0 aromatic carbocycles. The molecule has 0 aliphatic carbocycles. The van der Waals surface area contributed by atoms with Crippen molar-refractivity contribution >= 4 is 0 Å². The van der Waals surface area contributed by atoms with E-state index < -0.39 is 0 Å². The average molecular weight is 156 g/mol. The van der Waals surface area contributed by atoms with Crippen molar-refractivity contribution in [3.63, 3.8) is 0 Å². The van der Waals surface area contributed by atoms with Crippen LogP contribution in [0.3, 0.4) is 0 Å². The van der Waals surface area contributed by atoms with Gasteiger partial charge in [0.1, 0.15) is 0 Å². The van der Waals surface area contributed by atoms with E-state index in [9.17, 15) is 0 Å². The van der Waals surface area contributed by atoms with Crippen LogP contribution in [0, 0.1) is 5.92 Å². The highest BCUT2D eigenvalue weighted by atomic mass is 15.7. The van der Waals surface area contributed by atoms with Crippen LogP contribution in [0.2, 0.25) is 0 Å². The molecule has 64 valence electrons. The predicted molar refractivity (Wildman–Crippen MR) is 45.4 cm³/mol. The average Bonchev–Trinajstić information content (AvgIpc) is 1.87. The Kier molecular flexibility index (Phi) is 4.45. The standard InChI is InChI=1S/C7H16N4/c1-5-7(6(2)3)9-10-11(4)8/h5-6H,8H2,1-4H3/b7-5-,10-9?. The number of hydrazine groups is 1. The first-order valence-corrected chi connectivity index (χ1v) is 3.64. The summed E-state index contributed by atoms with van der Waals surface area (Å²) < 4.78 is 0. The molecule has 0 saturated carbocycles. The molecule has 0 amide bonds. The van der Waals surface area contributed by atoms with Gasteiger partial charge in [-0.25, -0.2) is 11.0 Å². The molecule has 0 bridgehead atoms. The molecule has 0 aromatic rings. The Morgan fingerprint density at radius 3 is 2.36 bits per heavy atom. The lowest BCUT2D eigenvalue weighted by Crippen LogP contribution is -2.18. The summed E-state index contributed by atoms with van der Waals surface area (Å²) in [6.07, 6.45) is 1.93. The highest BCUT2D eigenvalue weighted by Crippen LogP contribution is 2.10. The second-order valence-corrected chi connectivity index (χ2v) is 2.63. The summed E-state index contributed by atoms with van der Waals surface area (Å²) in [4.78, 5) is 0. The van der Waals surface area contributed by atoms with Crippen LogP contribution in [0.25, 0.3) is 0 Å². The minimum Gasteiger partial charge on any atom is -0.230 e. The van der Waals surface area contributed by atoms with E-state index in [0.717, 1.165) is 5.70 Å². The molecule has 0 heterocycles. The molecule has 0 radical (unpaired) electrons. The van der Waals surface area contributed by atoms with E-state index in [1.165, 1.54) is 5.12 Å². The van der Waals surface area contributed by atoms with Gasteiger partial charge in [0.2, 0.25) is 0 Å². The highest BCUT2D eigenvalue weighted by Gasteiger charge is 1.98. The monoisotopic (exact) mass is 156 g/mol. The maximum absolute atomic E-state index is 5.24. The third-order valence-electron chi connectivity index (χ3n) is 1.19. The Balaban J connectivity index is 4.10. The van der Waals surface area contributed by atoms with Crippen molar-refractivity contribution in [2.24, 2.45) is 22.1 Å². The third-order valence-corrected chi connectivity index (χ3v) is 1.19. The largest absolute Gasteiger partial charge is 0.230 e. The zero-order valence-corrected chi connectivity index (χ0v) is 7.57. The molecule has 0 fully saturated rings. The molecule has 0 aliphatic rings. The fourth-order valence-corrected chi connectivity index (χ4v) is 0.629. The van der Waals surface area contributed by atoms with Crippen LogP contribution in [0.15, 0.2) is 22.1 Å². The Morgan fingerprint density at radius 2 is 2.09 bits per heavy atom. The molecule has 0 rings (SSSR count). The second-order valence-electron chi connectivity index (χ2n) is 2.63. The quantitative estimate of drug-likeness (QED) is 0.384. The molecule has 0 unspecified atom stereocenters. The van der Waals surface area contributed by atoms with E-state index >= 15 is 0 Å². The molecule has 0 saturated heterocycles. The Labute approximate surface area is 67.7 Å². The third kappa shape index (κ3) is 4.50. The number of nitrogens with two attached hydrogens (primary N) is 1. The topological polar surface area (TPSA) is 54.0 Å². The molecular weight excluding hydrogens is 140 g/mol. The van der Waals surface area contributed by atoms with Crippen molar-refractivity contribution in [3.05, 3.63) is 11.8 Å². The lowest BCUT2D eigenvalue weighted by Gasteiger charge is -2.05. The SMILES string of the molecule is C/C=C(\N=NN(C)N)C(C)C. The van der Waals surface area contributed by atoms with E-state index in [-0.39, 0.29) is 0 Å². The normalized spacial score (nSPS) is 13.1. The number of nitrogens with zero attached hydrogens (tertiary/aromatic N) is 3. The van der Waals surface area contributed by atoms with Crippen LogP contribution in [0.1, 0.15) is 20.8 Å². The molecule has 0 atom stereocenters. The van der Waals surface area contributed by atoms with Crippen molar-refractivity contribution in [1.29, 1.82) is 0 Å². The molecular formula is C7H16N4. The van der Waals surface area contributed by atoms with E-state index in [0.29, 0.717) is 5.92 Å². The summed E-state index contributed by atoms with van der Waals surface area (Å²) in [5.41, 5.74) is 0.947. The van der Waals surface area contributed by atoms with E-state index in [1.807, 2.05) is 13.0 Å². The van der Waals surface area contributed by atoms with Crippen LogP contribution in [-0.4, -0.2) is 12.2 Å². The smallest absolute Gasteiger partial charge is 0.0631 e. The van der Waals surface area contributed by atoms with Crippen molar-refractivity contribution in [2.75, 3.05) is 7.05 Å². The van der Waals surface area contributed by atoms with Crippen molar-refractivity contribution in [2.45, 2.75) is 20.8 Å². The minimum atomic E-state index is 0.392. The molecule has 0 aromatic heterocycles. The van der Waals surface area contributed by atoms with Gasteiger partial charge in [0.25, 0.3) is 0 Å². The predicted octanol–water partition coefficient (Wildman–Crippen LogP) is 1.72. The maximum Gasteiger partial charge on any atom is 0.0631 e. The van der Waals surface area contributed by atoms with Gasteiger partial charge in [-0.05, 0) is 12.8 Å². The number of hydrogen-bond acceptors (Lipinski definition) is 3. The lowest BCUT2D eigenvalue weighted by molar-refractivity contribution is 0.342. The van der Waals surface area contributed by atoms with Gasteiger partial charge in [-0.1, -0.05) is 25.1 Å². The van der Waals surface area contributed by atoms with E-state index in [1.54, 1.807) is 7.05 Å². The van der Waals surface area contributed by atoms with Gasteiger partial charge in [-0.3, -0.25) is 0 Å². The van der Waals surface area contributed by atoms with Crippen molar-refractivity contribution in [1.82, 2.24) is 5.12 Å². The van der Waals surface area contributed by atoms with Crippen LogP contribution in [0.5, 0.6) is 0 Å². The van der Waals surface area contributed by atoms with Gasteiger partial charge in [-0.15, -0.1) is 5.11 Å². The Morgan fingerprint density at radius 1 is 1.55 bits per heavy atom. The van der Waals surface area contributed by atoms with Crippen LogP contribution < -0.4 is 5.84 Å². The van der Waals surface area contributed by atoms with Crippen molar-refractivity contribution < 1.29 is 0 Å². The Bertz CT molecular complexity index is 158. The van der Waals surface area contributed by atoms with Gasteiger partial charge in [0.15, 0.2) is 0 Å². The summed E-state index contributed by atoms with van der Waals surface area (Å²) in [5, 5.41) is 8.80. The van der Waals surface area contributed by atoms with Gasteiger partial charge in [0.05, 0.1) is 5.70 Å².